The van der Waals surface area contributed by atoms with Crippen LogP contribution in [0.2, 0.25) is 5.02 Å². The smallest absolute Gasteiger partial charge is 0.255 e. The number of hydrogen-bond acceptors (Lipinski definition) is 2. The molecular weight excluding hydrogens is 331 g/mol. The second-order valence-electron chi connectivity index (χ2n) is 5.61. The van der Waals surface area contributed by atoms with E-state index >= 15 is 0 Å². The molecule has 0 saturated carbocycles. The number of carbonyl (C=O) groups is 1. The molecular formula is C18H20Cl2N2O. The first-order valence-corrected chi connectivity index (χ1v) is 7.98. The van der Waals surface area contributed by atoms with Gasteiger partial charge in [-0.1, -0.05) is 23.7 Å². The van der Waals surface area contributed by atoms with E-state index in [2.05, 4.69) is 22.8 Å². The van der Waals surface area contributed by atoms with Gasteiger partial charge in [0.15, 0.2) is 0 Å². The SMILES string of the molecule is Cl.O=C(Nc1ccc(C2CCNCC2)cc1)c1ccc(Cl)cc1. The zero-order chi connectivity index (χ0) is 15.4. The summed E-state index contributed by atoms with van der Waals surface area (Å²) in [5, 5.41) is 6.92. The molecule has 0 radical (unpaired) electrons. The van der Waals surface area contributed by atoms with Crippen molar-refractivity contribution in [1.82, 2.24) is 5.32 Å². The fraction of sp³-hybridized carbons (Fsp3) is 0.278. The van der Waals surface area contributed by atoms with E-state index in [1.807, 2.05) is 12.1 Å². The number of amides is 1. The van der Waals surface area contributed by atoms with Crippen molar-refractivity contribution in [3.8, 4) is 0 Å². The number of piperidine rings is 1. The Morgan fingerprint density at radius 1 is 1.00 bits per heavy atom. The maximum Gasteiger partial charge on any atom is 0.255 e. The number of halogens is 2. The summed E-state index contributed by atoms with van der Waals surface area (Å²) < 4.78 is 0. The number of benzene rings is 2. The number of anilines is 1. The Kier molecular flexibility index (Phi) is 6.46. The monoisotopic (exact) mass is 350 g/mol. The van der Waals surface area contributed by atoms with Gasteiger partial charge in [0.25, 0.3) is 5.91 Å². The first kappa shape index (κ1) is 17.8. The van der Waals surface area contributed by atoms with Gasteiger partial charge in [-0.25, -0.2) is 0 Å². The van der Waals surface area contributed by atoms with Crippen LogP contribution in [-0.4, -0.2) is 19.0 Å². The average molecular weight is 351 g/mol. The topological polar surface area (TPSA) is 41.1 Å². The van der Waals surface area contributed by atoms with Crippen LogP contribution in [0.25, 0.3) is 0 Å². The number of hydrogen-bond donors (Lipinski definition) is 2. The van der Waals surface area contributed by atoms with Gasteiger partial charge in [-0.15, -0.1) is 12.4 Å². The molecule has 2 aromatic rings. The third-order valence-corrected chi connectivity index (χ3v) is 4.34. The second-order valence-corrected chi connectivity index (χ2v) is 6.04. The van der Waals surface area contributed by atoms with Crippen molar-refractivity contribution < 1.29 is 4.79 Å². The van der Waals surface area contributed by atoms with E-state index in [0.717, 1.165) is 18.8 Å². The van der Waals surface area contributed by atoms with Crippen LogP contribution in [-0.2, 0) is 0 Å². The summed E-state index contributed by atoms with van der Waals surface area (Å²) in [6.07, 6.45) is 2.35. The predicted octanol–water partition coefficient (Wildman–Crippen LogP) is 4.48. The highest BCUT2D eigenvalue weighted by molar-refractivity contribution is 6.30. The molecule has 2 N–H and O–H groups in total. The molecule has 2 aromatic carbocycles. The van der Waals surface area contributed by atoms with E-state index in [1.165, 1.54) is 18.4 Å². The van der Waals surface area contributed by atoms with E-state index in [0.29, 0.717) is 16.5 Å². The van der Waals surface area contributed by atoms with Crippen molar-refractivity contribution in [3.05, 3.63) is 64.7 Å². The van der Waals surface area contributed by atoms with Gasteiger partial charge in [0, 0.05) is 16.3 Å². The fourth-order valence-electron chi connectivity index (χ4n) is 2.80. The summed E-state index contributed by atoms with van der Waals surface area (Å²) in [5.41, 5.74) is 2.77. The summed E-state index contributed by atoms with van der Waals surface area (Å²) >= 11 is 5.83. The minimum absolute atomic E-state index is 0. The molecule has 1 fully saturated rings. The van der Waals surface area contributed by atoms with E-state index in [4.69, 9.17) is 11.6 Å². The van der Waals surface area contributed by atoms with Crippen LogP contribution in [0.15, 0.2) is 48.5 Å². The molecule has 0 atom stereocenters. The molecule has 0 spiro atoms. The molecule has 3 rings (SSSR count). The quantitative estimate of drug-likeness (QED) is 0.856. The summed E-state index contributed by atoms with van der Waals surface area (Å²) in [5.74, 6) is 0.508. The minimum Gasteiger partial charge on any atom is -0.322 e. The predicted molar refractivity (Wildman–Crippen MR) is 97.9 cm³/mol. The average Bonchev–Trinajstić information content (AvgIpc) is 2.57. The standard InChI is InChI=1S/C18H19ClN2O.ClH/c19-16-5-1-15(2-6-16)18(22)21-17-7-3-13(4-8-17)14-9-11-20-12-10-14;/h1-8,14,20H,9-12H2,(H,21,22);1H. The van der Waals surface area contributed by atoms with Gasteiger partial charge in [-0.05, 0) is 73.8 Å². The van der Waals surface area contributed by atoms with Gasteiger partial charge in [-0.3, -0.25) is 4.79 Å². The van der Waals surface area contributed by atoms with Crippen LogP contribution in [0.5, 0.6) is 0 Å². The molecule has 3 nitrogen and oxygen atoms in total. The molecule has 0 bridgehead atoms. The van der Waals surface area contributed by atoms with E-state index in [9.17, 15) is 4.79 Å². The highest BCUT2D eigenvalue weighted by atomic mass is 35.5. The first-order chi connectivity index (χ1) is 10.7. The molecule has 122 valence electrons. The summed E-state index contributed by atoms with van der Waals surface area (Å²) in [6.45, 7) is 2.17. The lowest BCUT2D eigenvalue weighted by Gasteiger charge is -2.23. The third-order valence-electron chi connectivity index (χ3n) is 4.09. The number of nitrogens with one attached hydrogen (secondary N) is 2. The molecule has 1 aliphatic rings. The molecule has 0 unspecified atom stereocenters. The molecule has 1 heterocycles. The van der Waals surface area contributed by atoms with Crippen molar-refractivity contribution in [2.75, 3.05) is 18.4 Å². The fourth-order valence-corrected chi connectivity index (χ4v) is 2.92. The van der Waals surface area contributed by atoms with Crippen molar-refractivity contribution in [2.24, 2.45) is 0 Å². The van der Waals surface area contributed by atoms with Gasteiger partial charge >= 0.3 is 0 Å². The van der Waals surface area contributed by atoms with Crippen LogP contribution in [0.3, 0.4) is 0 Å². The zero-order valence-corrected chi connectivity index (χ0v) is 14.3. The van der Waals surface area contributed by atoms with Crippen molar-refractivity contribution >= 4 is 35.6 Å². The molecule has 1 aliphatic heterocycles. The third kappa shape index (κ3) is 4.71. The summed E-state index contributed by atoms with van der Waals surface area (Å²) in [6, 6.07) is 15.1. The Hall–Kier alpha value is -1.55. The van der Waals surface area contributed by atoms with Gasteiger partial charge in [0.05, 0.1) is 0 Å². The van der Waals surface area contributed by atoms with E-state index in [1.54, 1.807) is 24.3 Å². The van der Waals surface area contributed by atoms with Crippen LogP contribution >= 0.6 is 24.0 Å². The Labute approximate surface area is 147 Å². The van der Waals surface area contributed by atoms with Crippen LogP contribution in [0.1, 0.15) is 34.7 Å². The highest BCUT2D eigenvalue weighted by Gasteiger charge is 2.15. The molecule has 1 saturated heterocycles. The zero-order valence-electron chi connectivity index (χ0n) is 12.7. The minimum atomic E-state index is -0.119. The van der Waals surface area contributed by atoms with Crippen LogP contribution < -0.4 is 10.6 Å². The van der Waals surface area contributed by atoms with E-state index in [-0.39, 0.29) is 18.3 Å². The summed E-state index contributed by atoms with van der Waals surface area (Å²) in [7, 11) is 0. The number of carbonyl (C=O) groups excluding carboxylic acids is 1. The maximum absolute atomic E-state index is 12.1. The van der Waals surface area contributed by atoms with E-state index < -0.39 is 0 Å². The number of rotatable bonds is 3. The van der Waals surface area contributed by atoms with Gasteiger partial charge in [0.1, 0.15) is 0 Å². The summed E-state index contributed by atoms with van der Waals surface area (Å²) in [4.78, 5) is 12.1. The lowest BCUT2D eigenvalue weighted by Crippen LogP contribution is -2.26. The molecule has 0 aliphatic carbocycles. The van der Waals surface area contributed by atoms with Gasteiger partial charge in [0.2, 0.25) is 0 Å². The van der Waals surface area contributed by atoms with Gasteiger partial charge < -0.3 is 10.6 Å². The molecule has 5 heteroatoms. The molecule has 23 heavy (non-hydrogen) atoms. The Morgan fingerprint density at radius 3 is 2.22 bits per heavy atom. The van der Waals surface area contributed by atoms with Crippen LogP contribution in [0, 0.1) is 0 Å². The normalized spacial score (nSPS) is 14.8. The highest BCUT2D eigenvalue weighted by Crippen LogP contribution is 2.26. The lowest BCUT2D eigenvalue weighted by molar-refractivity contribution is 0.102. The lowest BCUT2D eigenvalue weighted by atomic mass is 9.90. The molecule has 1 amide bonds. The second kappa shape index (κ2) is 8.34. The largest absolute Gasteiger partial charge is 0.322 e. The maximum atomic E-state index is 12.1. The Bertz CT molecular complexity index is 635. The van der Waals surface area contributed by atoms with Crippen molar-refractivity contribution in [1.29, 1.82) is 0 Å². The first-order valence-electron chi connectivity index (χ1n) is 7.60. The molecule has 0 aromatic heterocycles. The van der Waals surface area contributed by atoms with Gasteiger partial charge in [-0.2, -0.15) is 0 Å². The van der Waals surface area contributed by atoms with Crippen molar-refractivity contribution in [3.63, 3.8) is 0 Å². The Morgan fingerprint density at radius 2 is 1.61 bits per heavy atom. The van der Waals surface area contributed by atoms with Crippen molar-refractivity contribution in [2.45, 2.75) is 18.8 Å². The Balaban J connectivity index is 0.00000192. The van der Waals surface area contributed by atoms with Crippen LogP contribution in [0.4, 0.5) is 5.69 Å².